The van der Waals surface area contributed by atoms with E-state index in [4.69, 9.17) is 15.9 Å². The molecule has 0 amide bonds. The molecule has 0 unspecified atom stereocenters. The van der Waals surface area contributed by atoms with Crippen molar-refractivity contribution in [3.05, 3.63) is 78.9 Å². The zero-order chi connectivity index (χ0) is 27.4. The van der Waals surface area contributed by atoms with Gasteiger partial charge in [0, 0.05) is 77.6 Å². The van der Waals surface area contributed by atoms with Crippen molar-refractivity contribution in [2.75, 3.05) is 13.7 Å². The van der Waals surface area contributed by atoms with Crippen molar-refractivity contribution in [1.82, 2.24) is 19.3 Å². The van der Waals surface area contributed by atoms with E-state index in [0.29, 0.717) is 37.5 Å². The summed E-state index contributed by atoms with van der Waals surface area (Å²) in [5, 5.41) is 13.3. The summed E-state index contributed by atoms with van der Waals surface area (Å²) >= 11 is 1.25. The zero-order valence-corrected chi connectivity index (χ0v) is 21.3. The first kappa shape index (κ1) is 26.7. The highest BCUT2D eigenvalue weighted by molar-refractivity contribution is 8.07. The van der Waals surface area contributed by atoms with Crippen LogP contribution in [0.5, 0.6) is 5.75 Å². The van der Waals surface area contributed by atoms with Crippen LogP contribution in [0.15, 0.2) is 77.8 Å². The molecule has 0 saturated carbocycles. The van der Waals surface area contributed by atoms with Gasteiger partial charge in [0.2, 0.25) is 0 Å². The molecule has 1 aromatic carbocycles. The summed E-state index contributed by atoms with van der Waals surface area (Å²) in [5.41, 5.74) is 8.76. The van der Waals surface area contributed by atoms with Crippen LogP contribution in [0.4, 0.5) is 13.2 Å². The summed E-state index contributed by atoms with van der Waals surface area (Å²) in [6.07, 6.45) is 4.93. The van der Waals surface area contributed by atoms with Crippen molar-refractivity contribution < 1.29 is 17.9 Å². The first-order valence-electron chi connectivity index (χ1n) is 11.2. The van der Waals surface area contributed by atoms with Gasteiger partial charge in [0.1, 0.15) is 11.2 Å². The van der Waals surface area contributed by atoms with E-state index < -0.39 is 12.8 Å². The van der Waals surface area contributed by atoms with Gasteiger partial charge >= 0.3 is 6.18 Å². The molecule has 12 heteroatoms. The average Bonchev–Trinajstić information content (AvgIpc) is 3.31. The van der Waals surface area contributed by atoms with Crippen molar-refractivity contribution in [2.45, 2.75) is 11.1 Å². The lowest BCUT2D eigenvalue weighted by atomic mass is 10.1. The van der Waals surface area contributed by atoms with Crippen LogP contribution in [-0.2, 0) is 7.05 Å². The maximum absolute atomic E-state index is 13.1. The molecule has 0 radical (unpaired) electrons. The number of allylic oxidation sites excluding steroid dienone is 1. The predicted molar refractivity (Wildman–Crippen MR) is 144 cm³/mol. The maximum atomic E-state index is 13.1. The van der Waals surface area contributed by atoms with Gasteiger partial charge in [-0.25, -0.2) is 0 Å². The number of aryl methyl sites for hydroxylation is 1. The highest BCUT2D eigenvalue weighted by Crippen LogP contribution is 2.39. The topological polar surface area (TPSA) is 107 Å². The molecule has 3 heterocycles. The van der Waals surface area contributed by atoms with Crippen LogP contribution in [0.25, 0.3) is 32.6 Å². The minimum absolute atomic E-state index is 0.0563. The van der Waals surface area contributed by atoms with E-state index in [9.17, 15) is 13.2 Å². The molecule has 0 aliphatic rings. The Balaban J connectivity index is 1.75. The number of aromatic nitrogens is 4. The lowest BCUT2D eigenvalue weighted by Gasteiger charge is -2.16. The lowest BCUT2D eigenvalue weighted by molar-refractivity contribution is -0.153. The minimum atomic E-state index is -4.52. The summed E-state index contributed by atoms with van der Waals surface area (Å²) in [4.78, 5) is 9.09. The SMILES string of the molecule is C=C(Sc1ccc2ncc(-c3cnn(C)c3)c(OCC(F)(F)F)c2c1)n1cc(C(C=NC)=CN)ccc1=N. The van der Waals surface area contributed by atoms with E-state index in [-0.39, 0.29) is 11.2 Å². The van der Waals surface area contributed by atoms with Crippen molar-refractivity contribution in [2.24, 2.45) is 17.8 Å². The monoisotopic (exact) mass is 539 g/mol. The number of alkyl halides is 3. The van der Waals surface area contributed by atoms with Crippen LogP contribution in [-0.4, -0.2) is 45.4 Å². The fraction of sp³-hybridized carbons (Fsp3) is 0.154. The third-order valence-electron chi connectivity index (χ3n) is 5.42. The Labute approximate surface area is 220 Å². The molecule has 0 aliphatic carbocycles. The summed E-state index contributed by atoms with van der Waals surface area (Å²) in [7, 11) is 3.34. The Kier molecular flexibility index (Phi) is 7.72. The molecule has 0 saturated heterocycles. The number of nitrogens with zero attached hydrogens (tertiary/aromatic N) is 5. The van der Waals surface area contributed by atoms with Crippen LogP contribution in [0.3, 0.4) is 0 Å². The number of hydrogen-bond acceptors (Lipinski definition) is 7. The number of ether oxygens (including phenoxy) is 1. The summed E-state index contributed by atoms with van der Waals surface area (Å²) in [6.45, 7) is 2.66. The fourth-order valence-electron chi connectivity index (χ4n) is 3.70. The van der Waals surface area contributed by atoms with Gasteiger partial charge in [0.25, 0.3) is 0 Å². The van der Waals surface area contributed by atoms with Crippen molar-refractivity contribution in [3.63, 3.8) is 0 Å². The Morgan fingerprint density at radius 1 is 1.24 bits per heavy atom. The number of thioether (sulfide) groups is 1. The number of pyridine rings is 2. The van der Waals surface area contributed by atoms with Gasteiger partial charge in [-0.2, -0.15) is 18.3 Å². The number of nitrogens with two attached hydrogens (primary N) is 1. The summed E-state index contributed by atoms with van der Waals surface area (Å²) in [6, 6.07) is 8.55. The molecule has 4 aromatic rings. The number of fused-ring (bicyclic) bond motifs is 1. The molecule has 196 valence electrons. The molecule has 3 N–H and O–H groups in total. The number of benzene rings is 1. The van der Waals surface area contributed by atoms with Gasteiger partial charge in [0.15, 0.2) is 6.61 Å². The predicted octanol–water partition coefficient (Wildman–Crippen LogP) is 5.08. The van der Waals surface area contributed by atoms with Gasteiger partial charge in [-0.1, -0.05) is 18.3 Å². The standard InChI is InChI=1S/C26H24F3N7OS/c1-16(36-14-17(4-7-24(36)31)18(9-30)10-32-2)38-20-5-6-23-21(8-20)25(37-15-26(27,28)29)22(12-33-23)19-11-34-35(3)13-19/h4-14,31H,1,15,30H2,2-3H3. The van der Waals surface area contributed by atoms with Crippen LogP contribution in [0.1, 0.15) is 5.56 Å². The molecule has 38 heavy (non-hydrogen) atoms. The van der Waals surface area contributed by atoms with Crippen molar-refractivity contribution >= 4 is 39.5 Å². The number of nitrogens with one attached hydrogen (secondary N) is 1. The normalized spacial score (nSPS) is 12.4. The third kappa shape index (κ3) is 5.97. The first-order valence-corrected chi connectivity index (χ1v) is 12.0. The quantitative estimate of drug-likeness (QED) is 0.240. The number of rotatable bonds is 8. The van der Waals surface area contributed by atoms with E-state index in [0.717, 1.165) is 5.56 Å². The molecule has 0 fully saturated rings. The second-order valence-electron chi connectivity index (χ2n) is 8.16. The second-order valence-corrected chi connectivity index (χ2v) is 9.31. The Hall–Kier alpha value is -4.32. The number of hydrogen-bond donors (Lipinski definition) is 2. The van der Waals surface area contributed by atoms with Gasteiger partial charge in [0.05, 0.1) is 16.7 Å². The molecule has 4 rings (SSSR count). The van der Waals surface area contributed by atoms with Crippen LogP contribution in [0.2, 0.25) is 0 Å². The van der Waals surface area contributed by atoms with Gasteiger partial charge in [-0.05, 0) is 30.3 Å². The van der Waals surface area contributed by atoms with E-state index in [1.807, 2.05) is 0 Å². The molecular formula is C26H24F3N7OS. The minimum Gasteiger partial charge on any atom is -0.483 e. The summed E-state index contributed by atoms with van der Waals surface area (Å²) < 4.78 is 47.8. The van der Waals surface area contributed by atoms with E-state index in [2.05, 4.69) is 21.7 Å². The largest absolute Gasteiger partial charge is 0.483 e. The third-order valence-corrected chi connectivity index (χ3v) is 6.34. The molecule has 8 nitrogen and oxygen atoms in total. The fourth-order valence-corrected chi connectivity index (χ4v) is 4.54. The molecular weight excluding hydrogens is 515 g/mol. The first-order chi connectivity index (χ1) is 18.1. The van der Waals surface area contributed by atoms with E-state index in [1.165, 1.54) is 30.4 Å². The Morgan fingerprint density at radius 3 is 2.68 bits per heavy atom. The lowest BCUT2D eigenvalue weighted by Crippen LogP contribution is -2.19. The highest BCUT2D eigenvalue weighted by Gasteiger charge is 2.29. The summed E-state index contributed by atoms with van der Waals surface area (Å²) in [5.74, 6) is 0.0563. The number of aliphatic imine (C=N–C) groups is 1. The Morgan fingerprint density at radius 2 is 2.03 bits per heavy atom. The van der Waals surface area contributed by atoms with Crippen LogP contribution < -0.4 is 16.0 Å². The number of halogens is 3. The van der Waals surface area contributed by atoms with Crippen molar-refractivity contribution in [3.8, 4) is 16.9 Å². The molecule has 0 bridgehead atoms. The van der Waals surface area contributed by atoms with Gasteiger partial charge in [-0.15, -0.1) is 0 Å². The maximum Gasteiger partial charge on any atom is 0.422 e. The molecule has 3 aromatic heterocycles. The van der Waals surface area contributed by atoms with Crippen LogP contribution >= 0.6 is 11.8 Å². The van der Waals surface area contributed by atoms with Gasteiger partial charge in [-0.3, -0.25) is 24.6 Å². The zero-order valence-electron chi connectivity index (χ0n) is 20.5. The molecule has 0 aliphatic heterocycles. The average molecular weight is 540 g/mol. The van der Waals surface area contributed by atoms with Crippen LogP contribution in [0, 0.1) is 5.41 Å². The van der Waals surface area contributed by atoms with E-state index >= 15 is 0 Å². The van der Waals surface area contributed by atoms with Crippen molar-refractivity contribution in [1.29, 1.82) is 5.41 Å². The highest BCUT2D eigenvalue weighted by atomic mass is 32.2. The molecule has 0 spiro atoms. The van der Waals surface area contributed by atoms with Gasteiger partial charge < -0.3 is 10.5 Å². The smallest absolute Gasteiger partial charge is 0.422 e. The Bertz CT molecular complexity index is 1620. The molecule has 0 atom stereocenters. The second kappa shape index (κ2) is 11.0. The van der Waals surface area contributed by atoms with E-state index in [1.54, 1.807) is 72.3 Å².